The quantitative estimate of drug-likeness (QED) is 0.136. The van der Waals surface area contributed by atoms with Crippen molar-refractivity contribution in [2.75, 3.05) is 0 Å². The van der Waals surface area contributed by atoms with E-state index in [9.17, 15) is 17.6 Å². The molecule has 0 saturated heterocycles. The van der Waals surface area contributed by atoms with Crippen molar-refractivity contribution in [1.82, 2.24) is 0 Å². The number of thiocarbonyl (C=S) groups is 1. The normalized spacial score (nSPS) is 10.1. The molecule has 0 aliphatic rings. The van der Waals surface area contributed by atoms with Gasteiger partial charge in [0.25, 0.3) is 0 Å². The molecule has 0 saturated carbocycles. The summed E-state index contributed by atoms with van der Waals surface area (Å²) < 4.78 is 56.5. The molecule has 3 rings (SSSR count). The van der Waals surface area contributed by atoms with Crippen LogP contribution in [0.1, 0.15) is 23.1 Å². The van der Waals surface area contributed by atoms with E-state index in [2.05, 4.69) is 35.6 Å². The van der Waals surface area contributed by atoms with Crippen molar-refractivity contribution in [2.45, 2.75) is 12.8 Å². The Bertz CT molecular complexity index is 1200. The highest BCUT2D eigenvalue weighted by Crippen LogP contribution is 2.29. The average molecular weight is 437 g/mol. The van der Waals surface area contributed by atoms with Gasteiger partial charge in [0, 0.05) is 5.56 Å². The van der Waals surface area contributed by atoms with E-state index in [4.69, 9.17) is 0 Å². The number of isothiocyanates is 1. The maximum atomic E-state index is 14.2. The van der Waals surface area contributed by atoms with Crippen LogP contribution < -0.4 is 0 Å². The molecule has 0 aromatic heterocycles. The zero-order valence-electron chi connectivity index (χ0n) is 16.2. The first kappa shape index (κ1) is 22.2. The Morgan fingerprint density at radius 1 is 0.839 bits per heavy atom. The van der Waals surface area contributed by atoms with Crippen LogP contribution in [0.3, 0.4) is 0 Å². The van der Waals surface area contributed by atoms with Crippen molar-refractivity contribution in [3.63, 3.8) is 0 Å². The lowest BCUT2D eigenvalue weighted by atomic mass is 10.0. The van der Waals surface area contributed by atoms with Crippen molar-refractivity contribution in [3.05, 3.63) is 101 Å². The second-order valence-corrected chi connectivity index (χ2v) is 6.76. The third kappa shape index (κ3) is 5.35. The Morgan fingerprint density at radius 3 is 2.00 bits per heavy atom. The smallest absolute Gasteiger partial charge is 0.153 e. The van der Waals surface area contributed by atoms with Crippen LogP contribution in [0.4, 0.5) is 23.2 Å². The van der Waals surface area contributed by atoms with Crippen LogP contribution in [0, 0.1) is 35.1 Å². The second kappa shape index (κ2) is 9.99. The number of allylic oxidation sites excluding steroid dienone is 1. The zero-order chi connectivity index (χ0) is 22.4. The summed E-state index contributed by atoms with van der Waals surface area (Å²) in [5.41, 5.74) is 1.04. The van der Waals surface area contributed by atoms with Gasteiger partial charge in [-0.2, -0.15) is 4.99 Å². The fourth-order valence-corrected chi connectivity index (χ4v) is 3.01. The molecule has 0 amide bonds. The molecule has 0 radical (unpaired) electrons. The predicted molar refractivity (Wildman–Crippen MR) is 117 cm³/mol. The fourth-order valence-electron chi connectivity index (χ4n) is 2.92. The summed E-state index contributed by atoms with van der Waals surface area (Å²) in [4.78, 5) is 3.37. The minimum Gasteiger partial charge on any atom is -0.206 e. The van der Waals surface area contributed by atoms with Crippen LogP contribution in [0.2, 0.25) is 0 Å². The van der Waals surface area contributed by atoms with Crippen LogP contribution in [0.5, 0.6) is 0 Å². The SMILES string of the molecule is C=CCCc1cc(F)c(C#Cc2ccc(-c3cc(F)c(N=C=S)c(F)c3)cc2)c(F)c1. The summed E-state index contributed by atoms with van der Waals surface area (Å²) in [5, 5.41) is 1.94. The van der Waals surface area contributed by atoms with E-state index in [1.807, 2.05) is 5.16 Å². The fraction of sp³-hybridized carbons (Fsp3) is 0.0800. The van der Waals surface area contributed by atoms with Gasteiger partial charge < -0.3 is 0 Å². The molecule has 0 heterocycles. The molecule has 0 fully saturated rings. The van der Waals surface area contributed by atoms with Crippen LogP contribution >= 0.6 is 12.2 Å². The molecule has 0 aliphatic heterocycles. The molecular weight excluding hydrogens is 422 g/mol. The number of halogens is 4. The van der Waals surface area contributed by atoms with Gasteiger partial charge in [-0.05, 0) is 78.1 Å². The molecule has 3 aromatic carbocycles. The van der Waals surface area contributed by atoms with Crippen LogP contribution in [0.15, 0.2) is 66.2 Å². The van der Waals surface area contributed by atoms with Gasteiger partial charge in [-0.1, -0.05) is 30.0 Å². The summed E-state index contributed by atoms with van der Waals surface area (Å²) in [6.07, 6.45) is 2.79. The number of hydrogen-bond acceptors (Lipinski definition) is 2. The molecule has 6 heteroatoms. The third-order valence-electron chi connectivity index (χ3n) is 4.46. The van der Waals surface area contributed by atoms with Gasteiger partial charge in [0.15, 0.2) is 11.6 Å². The van der Waals surface area contributed by atoms with E-state index >= 15 is 0 Å². The van der Waals surface area contributed by atoms with Gasteiger partial charge >= 0.3 is 0 Å². The summed E-state index contributed by atoms with van der Waals surface area (Å²) >= 11 is 4.38. The molecule has 0 bridgehead atoms. The average Bonchev–Trinajstić information content (AvgIpc) is 2.74. The Labute approximate surface area is 182 Å². The summed E-state index contributed by atoms with van der Waals surface area (Å²) in [5.74, 6) is 2.03. The predicted octanol–water partition coefficient (Wildman–Crippen LogP) is 7.16. The lowest BCUT2D eigenvalue weighted by molar-refractivity contribution is 0.574. The van der Waals surface area contributed by atoms with Gasteiger partial charge in [-0.15, -0.1) is 6.58 Å². The van der Waals surface area contributed by atoms with Crippen molar-refractivity contribution in [3.8, 4) is 23.0 Å². The van der Waals surface area contributed by atoms with Gasteiger partial charge in [0.1, 0.15) is 17.3 Å². The number of rotatable bonds is 5. The van der Waals surface area contributed by atoms with E-state index in [1.165, 1.54) is 12.1 Å². The molecule has 0 N–H and O–H groups in total. The van der Waals surface area contributed by atoms with Gasteiger partial charge in [0.05, 0.1) is 10.7 Å². The molecular formula is C25H15F4NS. The third-order valence-corrected chi connectivity index (χ3v) is 4.55. The monoisotopic (exact) mass is 437 g/mol. The van der Waals surface area contributed by atoms with Gasteiger partial charge in [-0.3, -0.25) is 0 Å². The number of benzene rings is 3. The van der Waals surface area contributed by atoms with E-state index in [1.54, 1.807) is 30.3 Å². The highest BCUT2D eigenvalue weighted by molar-refractivity contribution is 7.78. The van der Waals surface area contributed by atoms with E-state index in [0.29, 0.717) is 35.1 Å². The molecule has 0 aliphatic carbocycles. The van der Waals surface area contributed by atoms with Crippen LogP contribution in [-0.4, -0.2) is 5.16 Å². The molecule has 1 nitrogen and oxygen atoms in total. The molecule has 0 atom stereocenters. The Kier molecular flexibility index (Phi) is 7.15. The van der Waals surface area contributed by atoms with E-state index in [-0.39, 0.29) is 5.56 Å². The minimum absolute atomic E-state index is 0.296. The lowest BCUT2D eigenvalue weighted by Crippen LogP contribution is -1.95. The Hall–Kier alpha value is -3.52. The van der Waals surface area contributed by atoms with E-state index < -0.39 is 29.0 Å². The number of nitrogens with zero attached hydrogens (tertiary/aromatic N) is 1. The van der Waals surface area contributed by atoms with Gasteiger partial charge in [0.2, 0.25) is 0 Å². The first-order valence-corrected chi connectivity index (χ1v) is 9.62. The first-order chi connectivity index (χ1) is 14.9. The minimum atomic E-state index is -0.862. The van der Waals surface area contributed by atoms with Crippen LogP contribution in [0.25, 0.3) is 11.1 Å². The molecule has 3 aromatic rings. The van der Waals surface area contributed by atoms with E-state index in [0.717, 1.165) is 12.1 Å². The van der Waals surface area contributed by atoms with Gasteiger partial charge in [-0.25, -0.2) is 17.6 Å². The van der Waals surface area contributed by atoms with Crippen LogP contribution in [-0.2, 0) is 6.42 Å². The summed E-state index contributed by atoms with van der Waals surface area (Å²) in [6.45, 7) is 3.59. The largest absolute Gasteiger partial charge is 0.206 e. The Morgan fingerprint density at radius 2 is 1.45 bits per heavy atom. The second-order valence-electron chi connectivity index (χ2n) is 6.58. The number of aliphatic imine (C=N–C) groups is 1. The molecule has 0 spiro atoms. The standard InChI is InChI=1S/C25H15F4NS/c1-2-3-4-17-11-21(26)20(22(27)12-17)10-7-16-5-8-18(9-6-16)19-13-23(28)25(30-15-31)24(29)14-19/h2,5-6,8-9,11-14H,1,3-4H2. The molecule has 31 heavy (non-hydrogen) atoms. The van der Waals surface area contributed by atoms with Crippen molar-refractivity contribution in [2.24, 2.45) is 4.99 Å². The molecule has 154 valence electrons. The number of hydrogen-bond donors (Lipinski definition) is 0. The topological polar surface area (TPSA) is 12.4 Å². The maximum absolute atomic E-state index is 14.2. The first-order valence-electron chi connectivity index (χ1n) is 9.21. The zero-order valence-corrected chi connectivity index (χ0v) is 17.0. The number of aryl methyl sites for hydroxylation is 1. The molecule has 0 unspecified atom stereocenters. The van der Waals surface area contributed by atoms with Crippen molar-refractivity contribution >= 4 is 23.1 Å². The Balaban J connectivity index is 1.85. The van der Waals surface area contributed by atoms with Crippen molar-refractivity contribution < 1.29 is 17.6 Å². The highest BCUT2D eigenvalue weighted by Gasteiger charge is 2.12. The highest BCUT2D eigenvalue weighted by atomic mass is 32.1. The maximum Gasteiger partial charge on any atom is 0.153 e. The lowest BCUT2D eigenvalue weighted by Gasteiger charge is -2.05. The van der Waals surface area contributed by atoms with Crippen molar-refractivity contribution in [1.29, 1.82) is 0 Å². The summed E-state index contributed by atoms with van der Waals surface area (Å²) in [6, 6.07) is 11.2. The summed E-state index contributed by atoms with van der Waals surface area (Å²) in [7, 11) is 0.